The number of carbonyl (C=O) groups excluding carboxylic acids is 1. The number of thioether (sulfide) groups is 1. The Labute approximate surface area is 175 Å². The van der Waals surface area contributed by atoms with Crippen molar-refractivity contribution in [1.82, 2.24) is 14.2 Å². The monoisotopic (exact) mass is 435 g/mol. The molecule has 0 fully saturated rings. The third-order valence-electron chi connectivity index (χ3n) is 4.91. The molecule has 0 aliphatic carbocycles. The molecule has 7 nitrogen and oxygen atoms in total. The number of sulfonamides is 1. The number of pyridine rings is 1. The van der Waals surface area contributed by atoms with Gasteiger partial charge in [0.15, 0.2) is 0 Å². The predicted octanol–water partition coefficient (Wildman–Crippen LogP) is 2.23. The minimum Gasteiger partial charge on any atom is -0.348 e. The highest BCUT2D eigenvalue weighted by Gasteiger charge is 2.24. The molecule has 3 rings (SSSR count). The lowest BCUT2D eigenvalue weighted by molar-refractivity contribution is -0.122. The van der Waals surface area contributed by atoms with Gasteiger partial charge in [0.25, 0.3) is 5.56 Å². The smallest absolute Gasteiger partial charge is 0.251 e. The van der Waals surface area contributed by atoms with Gasteiger partial charge in [0, 0.05) is 36.0 Å². The van der Waals surface area contributed by atoms with E-state index in [1.807, 2.05) is 24.3 Å². The first-order chi connectivity index (χ1) is 13.9. The van der Waals surface area contributed by atoms with Crippen molar-refractivity contribution in [2.75, 3.05) is 18.8 Å². The zero-order chi connectivity index (χ0) is 21.0. The van der Waals surface area contributed by atoms with Crippen molar-refractivity contribution in [2.45, 2.75) is 42.6 Å². The lowest BCUT2D eigenvalue weighted by Gasteiger charge is -2.26. The third kappa shape index (κ3) is 4.73. The maximum atomic E-state index is 12.7. The molecule has 1 aliphatic heterocycles. The Kier molecular flexibility index (Phi) is 6.81. The fourth-order valence-electron chi connectivity index (χ4n) is 3.38. The number of aromatic nitrogens is 1. The van der Waals surface area contributed by atoms with Crippen LogP contribution in [-0.2, 0) is 21.4 Å². The third-order valence-corrected chi connectivity index (χ3v) is 8.06. The fourth-order valence-corrected chi connectivity index (χ4v) is 5.99. The molecular formula is C20H25N3O4S2. The molecule has 0 spiro atoms. The van der Waals surface area contributed by atoms with Crippen molar-refractivity contribution in [1.29, 1.82) is 0 Å². The number of fused-ring (bicyclic) bond motifs is 1. The highest BCUT2D eigenvalue weighted by atomic mass is 32.2. The van der Waals surface area contributed by atoms with Crippen LogP contribution in [0.5, 0.6) is 0 Å². The first kappa shape index (κ1) is 21.6. The molecule has 0 saturated heterocycles. The second-order valence-corrected chi connectivity index (χ2v) is 9.79. The quantitative estimate of drug-likeness (QED) is 0.721. The zero-order valence-electron chi connectivity index (χ0n) is 16.5. The molecule has 156 valence electrons. The van der Waals surface area contributed by atoms with E-state index in [2.05, 4.69) is 5.32 Å². The van der Waals surface area contributed by atoms with Crippen LogP contribution < -0.4 is 10.9 Å². The molecule has 0 bridgehead atoms. The average Bonchev–Trinajstić information content (AvgIpc) is 2.70. The Morgan fingerprint density at radius 3 is 2.66 bits per heavy atom. The van der Waals surface area contributed by atoms with Gasteiger partial charge in [-0.2, -0.15) is 4.31 Å². The van der Waals surface area contributed by atoms with Crippen molar-refractivity contribution >= 4 is 27.7 Å². The molecule has 2 aromatic rings. The van der Waals surface area contributed by atoms with E-state index in [0.717, 1.165) is 27.2 Å². The number of carbonyl (C=O) groups is 1. The fraction of sp³-hybridized carbons (Fsp3) is 0.400. The molecule has 0 saturated carbocycles. The van der Waals surface area contributed by atoms with E-state index in [-0.39, 0.29) is 23.4 Å². The Bertz CT molecular complexity index is 1050. The number of hydrogen-bond acceptors (Lipinski definition) is 5. The summed E-state index contributed by atoms with van der Waals surface area (Å²) in [5, 5.41) is 2.98. The molecule has 0 unspecified atom stereocenters. The molecule has 1 aliphatic rings. The minimum absolute atomic E-state index is 0.00742. The highest BCUT2D eigenvalue weighted by molar-refractivity contribution is 7.99. The second kappa shape index (κ2) is 9.15. The van der Waals surface area contributed by atoms with Crippen LogP contribution in [-0.4, -0.2) is 42.0 Å². The highest BCUT2D eigenvalue weighted by Crippen LogP contribution is 2.35. The summed E-state index contributed by atoms with van der Waals surface area (Å²) < 4.78 is 27.9. The standard InChI is InChI=1S/C20H25N3O4S2/c1-3-23(4-2)29(26,27)15-9-10-20(25)22(13-15)14-19(24)21-17-11-12-28-18-8-6-5-7-16(17)18/h5-10,13,17H,3-4,11-12,14H2,1-2H3,(H,21,24)/t17-/m0/s1. The van der Waals surface area contributed by atoms with Gasteiger partial charge in [0.05, 0.1) is 10.9 Å². The number of nitrogens with zero attached hydrogens (tertiary/aromatic N) is 2. The van der Waals surface area contributed by atoms with Gasteiger partial charge in [-0.15, -0.1) is 11.8 Å². The summed E-state index contributed by atoms with van der Waals surface area (Å²) in [6.07, 6.45) is 2.05. The van der Waals surface area contributed by atoms with Gasteiger partial charge in [-0.25, -0.2) is 8.42 Å². The van der Waals surface area contributed by atoms with Gasteiger partial charge >= 0.3 is 0 Å². The summed E-state index contributed by atoms with van der Waals surface area (Å²) in [5.74, 6) is 0.579. The topological polar surface area (TPSA) is 88.5 Å². The number of nitrogens with one attached hydrogen (secondary N) is 1. The summed E-state index contributed by atoms with van der Waals surface area (Å²) in [6.45, 7) is 3.94. The van der Waals surface area contributed by atoms with Crippen LogP contribution in [0.4, 0.5) is 0 Å². The van der Waals surface area contributed by atoms with Gasteiger partial charge in [-0.05, 0) is 24.1 Å². The van der Waals surface area contributed by atoms with Crippen molar-refractivity contribution in [3.8, 4) is 0 Å². The number of hydrogen-bond donors (Lipinski definition) is 1. The first-order valence-electron chi connectivity index (χ1n) is 9.58. The molecule has 1 aromatic carbocycles. The average molecular weight is 436 g/mol. The lowest BCUT2D eigenvalue weighted by Crippen LogP contribution is -2.36. The van der Waals surface area contributed by atoms with Gasteiger partial charge in [0.1, 0.15) is 6.54 Å². The zero-order valence-corrected chi connectivity index (χ0v) is 18.1. The molecule has 9 heteroatoms. The van der Waals surface area contributed by atoms with E-state index in [1.165, 1.54) is 22.6 Å². The maximum Gasteiger partial charge on any atom is 0.251 e. The summed E-state index contributed by atoms with van der Waals surface area (Å²) in [5.41, 5.74) is 0.653. The summed E-state index contributed by atoms with van der Waals surface area (Å²) >= 11 is 1.76. The lowest BCUT2D eigenvalue weighted by atomic mass is 10.0. The van der Waals surface area contributed by atoms with Gasteiger partial charge in [-0.3, -0.25) is 9.59 Å². The van der Waals surface area contributed by atoms with Crippen LogP contribution in [0.25, 0.3) is 0 Å². The Balaban J connectivity index is 1.79. The molecular weight excluding hydrogens is 410 g/mol. The normalized spacial score (nSPS) is 16.4. The predicted molar refractivity (Wildman–Crippen MR) is 113 cm³/mol. The second-order valence-electron chi connectivity index (χ2n) is 6.72. The number of rotatable bonds is 7. The molecule has 1 N–H and O–H groups in total. The van der Waals surface area contributed by atoms with E-state index >= 15 is 0 Å². The van der Waals surface area contributed by atoms with Crippen molar-refractivity contribution in [3.05, 3.63) is 58.5 Å². The van der Waals surface area contributed by atoms with Crippen LogP contribution in [0.3, 0.4) is 0 Å². The van der Waals surface area contributed by atoms with Crippen LogP contribution >= 0.6 is 11.8 Å². The van der Waals surface area contributed by atoms with Crippen LogP contribution in [0, 0.1) is 0 Å². The first-order valence-corrected chi connectivity index (χ1v) is 12.0. The van der Waals surface area contributed by atoms with Gasteiger partial charge in [0.2, 0.25) is 15.9 Å². The number of amides is 1. The number of benzene rings is 1. The molecule has 29 heavy (non-hydrogen) atoms. The van der Waals surface area contributed by atoms with E-state index in [1.54, 1.807) is 25.6 Å². The summed E-state index contributed by atoms with van der Waals surface area (Å²) in [4.78, 5) is 26.0. The largest absolute Gasteiger partial charge is 0.348 e. The SMILES string of the molecule is CCN(CC)S(=O)(=O)c1ccc(=O)n(CC(=O)N[C@H]2CCSc3ccccc32)c1. The minimum atomic E-state index is -3.70. The van der Waals surface area contributed by atoms with E-state index in [9.17, 15) is 18.0 Å². The van der Waals surface area contributed by atoms with Crippen LogP contribution in [0.2, 0.25) is 0 Å². The van der Waals surface area contributed by atoms with E-state index < -0.39 is 15.6 Å². The summed E-state index contributed by atoms with van der Waals surface area (Å²) in [6, 6.07) is 10.3. The Morgan fingerprint density at radius 2 is 1.93 bits per heavy atom. The van der Waals surface area contributed by atoms with Crippen molar-refractivity contribution < 1.29 is 13.2 Å². The van der Waals surface area contributed by atoms with Gasteiger partial charge < -0.3 is 9.88 Å². The molecule has 0 radical (unpaired) electrons. The van der Waals surface area contributed by atoms with Crippen molar-refractivity contribution in [3.63, 3.8) is 0 Å². The van der Waals surface area contributed by atoms with Crippen LogP contribution in [0.1, 0.15) is 31.9 Å². The molecule has 1 atom stereocenters. The Hall–Kier alpha value is -2.10. The molecule has 1 amide bonds. The maximum absolute atomic E-state index is 12.7. The Morgan fingerprint density at radius 1 is 1.21 bits per heavy atom. The van der Waals surface area contributed by atoms with E-state index in [4.69, 9.17) is 0 Å². The van der Waals surface area contributed by atoms with Crippen molar-refractivity contribution in [2.24, 2.45) is 0 Å². The van der Waals surface area contributed by atoms with Gasteiger partial charge in [-0.1, -0.05) is 32.0 Å². The van der Waals surface area contributed by atoms with E-state index in [0.29, 0.717) is 13.1 Å². The summed E-state index contributed by atoms with van der Waals surface area (Å²) in [7, 11) is -3.70. The van der Waals surface area contributed by atoms with Crippen LogP contribution in [0.15, 0.2) is 57.2 Å². The molecule has 2 heterocycles. The molecule has 1 aromatic heterocycles.